The monoisotopic (exact) mass is 908 g/mol. The topological polar surface area (TPSA) is 177 Å². The van der Waals surface area contributed by atoms with Crippen molar-refractivity contribution in [1.29, 1.82) is 0 Å². The van der Waals surface area contributed by atoms with E-state index in [-0.39, 0.29) is 62.6 Å². The van der Waals surface area contributed by atoms with Crippen LogP contribution in [0, 0.1) is 0 Å². The van der Waals surface area contributed by atoms with Gasteiger partial charge in [0.1, 0.15) is 41.7 Å². The summed E-state index contributed by atoms with van der Waals surface area (Å²) in [7, 11) is 4.86. The Bertz CT molecular complexity index is 2600. The zero-order valence-electron chi connectivity index (χ0n) is 37.9. The number of aliphatic hydroxyl groups is 1. The number of nitrogens with one attached hydrogen (secondary N) is 3. The Morgan fingerprint density at radius 1 is 0.925 bits per heavy atom. The Hall–Kier alpha value is -7.20. The summed E-state index contributed by atoms with van der Waals surface area (Å²) in [5.41, 5.74) is 4.11. The molecule has 0 spiro atoms. The molecule has 0 radical (unpaired) electrons. The molecule has 348 valence electrons. The molecular weight excluding hydrogens is 853 g/mol. The molecular formula is C52H56N6O9. The predicted octanol–water partition coefficient (Wildman–Crippen LogP) is 7.56. The number of aromatic amines is 1. The average molecular weight is 909 g/mol. The summed E-state index contributed by atoms with van der Waals surface area (Å²) in [6.45, 7) is 4.82. The maximum atomic E-state index is 13.3. The van der Waals surface area contributed by atoms with Crippen LogP contribution < -0.4 is 30.6 Å². The van der Waals surface area contributed by atoms with E-state index in [1.54, 1.807) is 26.2 Å². The Morgan fingerprint density at radius 3 is 2.30 bits per heavy atom. The van der Waals surface area contributed by atoms with Gasteiger partial charge in [-0.3, -0.25) is 19.9 Å². The molecule has 2 aliphatic heterocycles. The summed E-state index contributed by atoms with van der Waals surface area (Å²) in [5, 5.41) is 17.3. The highest BCUT2D eigenvalue weighted by Gasteiger charge is 2.44. The van der Waals surface area contributed by atoms with Crippen LogP contribution in [0.1, 0.15) is 59.4 Å². The molecule has 4 N–H and O–H groups in total. The Labute approximate surface area is 389 Å². The fraction of sp³-hybridized carbons (Fsp3) is 0.308. The molecule has 2 amide bonds. The van der Waals surface area contributed by atoms with E-state index in [1.165, 1.54) is 4.90 Å². The number of benzene rings is 4. The number of aliphatic hydroxyl groups excluding tert-OH is 1. The second-order valence-corrected chi connectivity index (χ2v) is 16.6. The number of ether oxygens (including phenoxy) is 5. The van der Waals surface area contributed by atoms with Gasteiger partial charge in [-0.15, -0.1) is 0 Å². The first-order valence-corrected chi connectivity index (χ1v) is 22.3. The number of H-pyrrole nitrogens is 1. The van der Waals surface area contributed by atoms with E-state index in [1.807, 2.05) is 121 Å². The van der Waals surface area contributed by atoms with Gasteiger partial charge in [0, 0.05) is 32.4 Å². The van der Waals surface area contributed by atoms with E-state index in [0.717, 1.165) is 33.4 Å². The maximum Gasteiger partial charge on any atom is 0.409 e. The SMILES string of the molecule is C=C1/C=C\C=C/CC(COC(=O)N(C)CCCC(=O)Nc2nc3c(c(=O)[nH]2)NCN3[C@H]2CC(O)[C@@H](COC(c3ccccc3)(c3ccc(OC)cc3)c3ccc(OC)cc3)O2)c2ccccc21. The molecule has 3 heterocycles. The number of allylic oxidation sites excluding steroid dienone is 5. The van der Waals surface area contributed by atoms with Crippen molar-refractivity contribution >= 4 is 35.0 Å². The lowest BCUT2D eigenvalue weighted by Gasteiger charge is -2.37. The first-order chi connectivity index (χ1) is 32.6. The summed E-state index contributed by atoms with van der Waals surface area (Å²) in [6, 6.07) is 33.2. The van der Waals surface area contributed by atoms with Crippen LogP contribution in [0.5, 0.6) is 11.5 Å². The van der Waals surface area contributed by atoms with E-state index in [4.69, 9.17) is 23.7 Å². The van der Waals surface area contributed by atoms with E-state index in [9.17, 15) is 19.5 Å². The van der Waals surface area contributed by atoms with Gasteiger partial charge in [0.25, 0.3) is 5.56 Å². The average Bonchev–Trinajstić information content (AvgIpc) is 3.97. The van der Waals surface area contributed by atoms with Crippen molar-refractivity contribution in [3.05, 3.63) is 172 Å². The number of fused-ring (bicyclic) bond motifs is 2. The highest BCUT2D eigenvalue weighted by Crippen LogP contribution is 2.43. The molecule has 15 nitrogen and oxygen atoms in total. The molecule has 5 aromatic rings. The summed E-state index contributed by atoms with van der Waals surface area (Å²) < 4.78 is 30.2. The quantitative estimate of drug-likeness (QED) is 0.0716. The zero-order chi connectivity index (χ0) is 46.9. The Kier molecular flexibility index (Phi) is 14.5. The van der Waals surface area contributed by atoms with Crippen LogP contribution in [-0.2, 0) is 24.6 Å². The number of hydrogen-bond donors (Lipinski definition) is 4. The number of rotatable bonds is 16. The standard InChI is InChI=1S/C52H56N6O9/c1-34-14-7-5-8-15-35(42-19-12-11-18-41(34)42)31-65-51(62)57(2)29-13-20-45(60)54-50-55-48-47(49(61)56-50)53-33-58(48)46-30-43(59)44(67-46)32-66-52(36-16-9-6-10-17-36,37-21-25-39(63-3)26-22-37)38-23-27-40(64-4)28-24-38/h5-12,14,16-19,21-28,35,43-44,46,53,59H,1,13,15,20,29-33H2,2-4H3,(H2,54,55,56,60,61)/b8-5-,14-7-/t35?,43?,44-,46-/m1/s1. The normalized spacial score (nSPS) is 19.7. The molecule has 4 atom stereocenters. The third kappa shape index (κ3) is 10.3. The van der Waals surface area contributed by atoms with Gasteiger partial charge >= 0.3 is 6.09 Å². The van der Waals surface area contributed by atoms with Gasteiger partial charge in [0.2, 0.25) is 11.9 Å². The maximum absolute atomic E-state index is 13.3. The van der Waals surface area contributed by atoms with Crippen molar-refractivity contribution < 1.29 is 38.4 Å². The van der Waals surface area contributed by atoms with Crippen LogP contribution in [0.4, 0.5) is 22.2 Å². The second kappa shape index (κ2) is 21.0. The minimum atomic E-state index is -1.13. The second-order valence-electron chi connectivity index (χ2n) is 16.6. The van der Waals surface area contributed by atoms with Gasteiger partial charge in [0.05, 0.1) is 33.6 Å². The number of carbonyl (C=O) groups excluding carboxylic acids is 2. The smallest absolute Gasteiger partial charge is 0.409 e. The molecule has 0 bridgehead atoms. The highest BCUT2D eigenvalue weighted by atomic mass is 16.6. The molecule has 1 saturated heterocycles. The molecule has 15 heteroatoms. The summed E-state index contributed by atoms with van der Waals surface area (Å²) in [6.07, 6.45) is 6.35. The molecule has 67 heavy (non-hydrogen) atoms. The van der Waals surface area contributed by atoms with Crippen molar-refractivity contribution in [2.75, 3.05) is 63.2 Å². The number of nitrogens with zero attached hydrogens (tertiary/aromatic N) is 3. The number of carbonyl (C=O) groups is 2. The lowest BCUT2D eigenvalue weighted by atomic mass is 9.80. The van der Waals surface area contributed by atoms with Crippen LogP contribution in [0.25, 0.3) is 5.57 Å². The fourth-order valence-corrected chi connectivity index (χ4v) is 8.76. The zero-order valence-corrected chi connectivity index (χ0v) is 37.9. The lowest BCUT2D eigenvalue weighted by molar-refractivity contribution is -0.116. The number of amides is 2. The minimum Gasteiger partial charge on any atom is -0.497 e. The molecule has 1 fully saturated rings. The van der Waals surface area contributed by atoms with Gasteiger partial charge in [-0.1, -0.05) is 110 Å². The highest BCUT2D eigenvalue weighted by molar-refractivity contribution is 5.89. The molecule has 1 aromatic heterocycles. The summed E-state index contributed by atoms with van der Waals surface area (Å²) >= 11 is 0. The van der Waals surface area contributed by atoms with Crippen LogP contribution in [-0.4, -0.2) is 98.1 Å². The molecule has 4 aromatic carbocycles. The van der Waals surface area contributed by atoms with Gasteiger partial charge < -0.3 is 43.9 Å². The van der Waals surface area contributed by atoms with E-state index >= 15 is 0 Å². The van der Waals surface area contributed by atoms with E-state index < -0.39 is 41.6 Å². The first kappa shape index (κ1) is 46.3. The van der Waals surface area contributed by atoms with Crippen LogP contribution in [0.3, 0.4) is 0 Å². The lowest BCUT2D eigenvalue weighted by Crippen LogP contribution is -2.39. The van der Waals surface area contributed by atoms with Crippen LogP contribution in [0.15, 0.2) is 139 Å². The van der Waals surface area contributed by atoms with Gasteiger partial charge in [-0.2, -0.15) is 4.98 Å². The first-order valence-electron chi connectivity index (χ1n) is 22.3. The van der Waals surface area contributed by atoms with Crippen molar-refractivity contribution in [1.82, 2.24) is 14.9 Å². The number of methoxy groups -OCH3 is 2. The Balaban J connectivity index is 0.892. The molecule has 3 aliphatic rings. The third-order valence-electron chi connectivity index (χ3n) is 12.4. The fourth-order valence-electron chi connectivity index (χ4n) is 8.76. The molecule has 2 unspecified atom stereocenters. The largest absolute Gasteiger partial charge is 0.497 e. The number of anilines is 3. The van der Waals surface area contributed by atoms with Gasteiger partial charge in [-0.05, 0) is 70.5 Å². The molecule has 1 aliphatic carbocycles. The third-order valence-corrected chi connectivity index (χ3v) is 12.4. The van der Waals surface area contributed by atoms with Crippen LogP contribution in [0.2, 0.25) is 0 Å². The van der Waals surface area contributed by atoms with Crippen molar-refractivity contribution in [3.63, 3.8) is 0 Å². The van der Waals surface area contributed by atoms with Crippen molar-refractivity contribution in [3.8, 4) is 11.5 Å². The Morgan fingerprint density at radius 2 is 1.60 bits per heavy atom. The van der Waals surface area contributed by atoms with Crippen molar-refractivity contribution in [2.45, 2.75) is 55.6 Å². The predicted molar refractivity (Wildman–Crippen MR) is 256 cm³/mol. The van der Waals surface area contributed by atoms with Gasteiger partial charge in [-0.25, -0.2) is 4.79 Å². The number of aromatic nitrogens is 2. The van der Waals surface area contributed by atoms with Crippen molar-refractivity contribution in [2.24, 2.45) is 0 Å². The minimum absolute atomic E-state index is 0.00315. The summed E-state index contributed by atoms with van der Waals surface area (Å²) in [4.78, 5) is 49.9. The molecule has 8 rings (SSSR count). The number of hydrogen-bond acceptors (Lipinski definition) is 12. The van der Waals surface area contributed by atoms with Crippen LogP contribution >= 0.6 is 0 Å². The van der Waals surface area contributed by atoms with E-state index in [0.29, 0.717) is 24.3 Å². The van der Waals surface area contributed by atoms with E-state index in [2.05, 4.69) is 33.3 Å². The summed E-state index contributed by atoms with van der Waals surface area (Å²) in [5.74, 6) is 1.17. The molecule has 0 saturated carbocycles. The van der Waals surface area contributed by atoms with Gasteiger partial charge in [0.15, 0.2) is 5.82 Å².